The summed E-state index contributed by atoms with van der Waals surface area (Å²) in [5, 5.41) is 7.42. The molecule has 1 aromatic rings. The molecule has 0 saturated heterocycles. The van der Waals surface area contributed by atoms with E-state index >= 15 is 0 Å². The van der Waals surface area contributed by atoms with Crippen LogP contribution in [-0.4, -0.2) is 41.9 Å². The minimum Gasteiger partial charge on any atom is -0.320 e. The zero-order chi connectivity index (χ0) is 11.1. The molecule has 15 heavy (non-hydrogen) atoms. The lowest BCUT2D eigenvalue weighted by Gasteiger charge is -2.14. The van der Waals surface area contributed by atoms with E-state index in [-0.39, 0.29) is 0 Å². The largest absolute Gasteiger partial charge is 0.320 e. The van der Waals surface area contributed by atoms with Gasteiger partial charge in [0, 0.05) is 24.8 Å². The highest BCUT2D eigenvalue weighted by atomic mass is 15.3. The van der Waals surface area contributed by atoms with Crippen LogP contribution in [0.25, 0.3) is 0 Å². The second-order valence-corrected chi connectivity index (χ2v) is 3.90. The summed E-state index contributed by atoms with van der Waals surface area (Å²) >= 11 is 0. The molecule has 0 bridgehead atoms. The zero-order valence-electron chi connectivity index (χ0n) is 10.0. The van der Waals surface area contributed by atoms with E-state index in [0.29, 0.717) is 0 Å². The molecule has 0 unspecified atom stereocenters. The molecule has 0 aromatic carbocycles. The third-order valence-electron chi connectivity index (χ3n) is 2.43. The van der Waals surface area contributed by atoms with E-state index in [1.54, 1.807) is 0 Å². The molecule has 0 saturated carbocycles. The fourth-order valence-electron chi connectivity index (χ4n) is 1.58. The lowest BCUT2D eigenvalue weighted by molar-refractivity contribution is 0.321. The van der Waals surface area contributed by atoms with E-state index in [0.717, 1.165) is 26.2 Å². The minimum absolute atomic E-state index is 0.948. The van der Waals surface area contributed by atoms with Crippen molar-refractivity contribution < 1.29 is 0 Å². The first-order chi connectivity index (χ1) is 7.26. The molecule has 1 heterocycles. The number of hydrogen-bond donors (Lipinski definition) is 1. The predicted molar refractivity (Wildman–Crippen MR) is 62.8 cm³/mol. The average Bonchev–Trinajstić information content (AvgIpc) is 2.66. The van der Waals surface area contributed by atoms with Crippen LogP contribution in [0.15, 0.2) is 12.4 Å². The number of rotatable bonds is 7. The maximum absolute atomic E-state index is 4.26. The SMILES string of the molecule is CCn1cc(CN(C)CCCNC)cn1. The van der Waals surface area contributed by atoms with Crippen LogP contribution in [-0.2, 0) is 13.1 Å². The second kappa shape index (κ2) is 6.58. The van der Waals surface area contributed by atoms with Gasteiger partial charge in [-0.1, -0.05) is 0 Å². The third kappa shape index (κ3) is 4.44. The quantitative estimate of drug-likeness (QED) is 0.680. The maximum atomic E-state index is 4.26. The van der Waals surface area contributed by atoms with Gasteiger partial charge in [-0.15, -0.1) is 0 Å². The second-order valence-electron chi connectivity index (χ2n) is 3.90. The average molecular weight is 210 g/mol. The Balaban J connectivity index is 2.27. The van der Waals surface area contributed by atoms with E-state index < -0.39 is 0 Å². The lowest BCUT2D eigenvalue weighted by Crippen LogP contribution is -2.22. The Labute approximate surface area is 92.3 Å². The van der Waals surface area contributed by atoms with Crippen molar-refractivity contribution in [3.8, 4) is 0 Å². The standard InChI is InChI=1S/C11H22N4/c1-4-15-10-11(8-13-15)9-14(3)7-5-6-12-2/h8,10,12H,4-7,9H2,1-3H3. The number of aryl methyl sites for hydroxylation is 1. The molecule has 0 fully saturated rings. The van der Waals surface area contributed by atoms with Gasteiger partial charge in [0.15, 0.2) is 0 Å². The first kappa shape index (κ1) is 12.2. The molecule has 0 aliphatic carbocycles. The van der Waals surface area contributed by atoms with Crippen molar-refractivity contribution in [1.29, 1.82) is 0 Å². The van der Waals surface area contributed by atoms with Gasteiger partial charge in [-0.2, -0.15) is 5.10 Å². The summed E-state index contributed by atoms with van der Waals surface area (Å²) in [6.07, 6.45) is 5.27. The highest BCUT2D eigenvalue weighted by molar-refractivity contribution is 5.03. The summed E-state index contributed by atoms with van der Waals surface area (Å²) in [7, 11) is 4.14. The van der Waals surface area contributed by atoms with E-state index in [4.69, 9.17) is 0 Å². The molecule has 4 heteroatoms. The van der Waals surface area contributed by atoms with Crippen LogP contribution in [0.4, 0.5) is 0 Å². The highest BCUT2D eigenvalue weighted by Crippen LogP contribution is 2.02. The van der Waals surface area contributed by atoms with Gasteiger partial charge >= 0.3 is 0 Å². The molecular weight excluding hydrogens is 188 g/mol. The summed E-state index contributed by atoms with van der Waals surface area (Å²) in [5.74, 6) is 0. The van der Waals surface area contributed by atoms with Gasteiger partial charge in [0.25, 0.3) is 0 Å². The number of nitrogens with zero attached hydrogens (tertiary/aromatic N) is 3. The fourth-order valence-corrected chi connectivity index (χ4v) is 1.58. The van der Waals surface area contributed by atoms with Crippen LogP contribution < -0.4 is 5.32 Å². The van der Waals surface area contributed by atoms with Crippen molar-refractivity contribution in [2.24, 2.45) is 0 Å². The highest BCUT2D eigenvalue weighted by Gasteiger charge is 2.01. The fraction of sp³-hybridized carbons (Fsp3) is 0.727. The molecule has 0 spiro atoms. The molecular formula is C11H22N4. The number of aromatic nitrogens is 2. The number of nitrogens with one attached hydrogen (secondary N) is 1. The van der Waals surface area contributed by atoms with Gasteiger partial charge < -0.3 is 10.2 Å². The van der Waals surface area contributed by atoms with Gasteiger partial charge in [-0.25, -0.2) is 0 Å². The first-order valence-electron chi connectivity index (χ1n) is 5.60. The molecule has 1 N–H and O–H groups in total. The molecule has 1 aromatic heterocycles. The van der Waals surface area contributed by atoms with Gasteiger partial charge in [0.1, 0.15) is 0 Å². The monoisotopic (exact) mass is 210 g/mol. The Morgan fingerprint density at radius 3 is 2.93 bits per heavy atom. The van der Waals surface area contributed by atoms with Gasteiger partial charge in [-0.05, 0) is 40.5 Å². The molecule has 0 atom stereocenters. The molecule has 86 valence electrons. The predicted octanol–water partition coefficient (Wildman–Crippen LogP) is 0.944. The van der Waals surface area contributed by atoms with Crippen LogP contribution in [0.1, 0.15) is 18.9 Å². The van der Waals surface area contributed by atoms with Crippen LogP contribution in [0.5, 0.6) is 0 Å². The van der Waals surface area contributed by atoms with E-state index in [2.05, 4.69) is 35.5 Å². The maximum Gasteiger partial charge on any atom is 0.0534 e. The Morgan fingerprint density at radius 2 is 2.33 bits per heavy atom. The van der Waals surface area contributed by atoms with E-state index in [1.807, 2.05) is 17.9 Å². The van der Waals surface area contributed by atoms with Crippen molar-refractivity contribution in [1.82, 2.24) is 20.0 Å². The van der Waals surface area contributed by atoms with Crippen molar-refractivity contribution in [3.05, 3.63) is 18.0 Å². The first-order valence-corrected chi connectivity index (χ1v) is 5.60. The zero-order valence-corrected chi connectivity index (χ0v) is 10.0. The minimum atomic E-state index is 0.948. The van der Waals surface area contributed by atoms with E-state index in [1.165, 1.54) is 12.0 Å². The molecule has 0 aliphatic rings. The van der Waals surface area contributed by atoms with Crippen molar-refractivity contribution in [2.75, 3.05) is 27.2 Å². The Kier molecular flexibility index (Phi) is 5.36. The summed E-state index contributed by atoms with van der Waals surface area (Å²) in [5.41, 5.74) is 1.30. The topological polar surface area (TPSA) is 33.1 Å². The summed E-state index contributed by atoms with van der Waals surface area (Å²) in [6.45, 7) is 6.25. The van der Waals surface area contributed by atoms with E-state index in [9.17, 15) is 0 Å². The number of hydrogen-bond acceptors (Lipinski definition) is 3. The molecule has 0 radical (unpaired) electrons. The Hall–Kier alpha value is -0.870. The third-order valence-corrected chi connectivity index (χ3v) is 2.43. The van der Waals surface area contributed by atoms with Gasteiger partial charge in [0.05, 0.1) is 6.20 Å². The molecule has 0 amide bonds. The summed E-state index contributed by atoms with van der Waals surface area (Å²) in [4.78, 5) is 2.33. The van der Waals surface area contributed by atoms with Crippen molar-refractivity contribution >= 4 is 0 Å². The lowest BCUT2D eigenvalue weighted by atomic mass is 10.3. The molecule has 0 aliphatic heterocycles. The Bertz CT molecular complexity index is 269. The summed E-state index contributed by atoms with van der Waals surface area (Å²) < 4.78 is 1.97. The smallest absolute Gasteiger partial charge is 0.0534 e. The molecule has 4 nitrogen and oxygen atoms in total. The van der Waals surface area contributed by atoms with Crippen molar-refractivity contribution in [2.45, 2.75) is 26.4 Å². The van der Waals surface area contributed by atoms with Crippen LogP contribution in [0.3, 0.4) is 0 Å². The van der Waals surface area contributed by atoms with Gasteiger partial charge in [-0.3, -0.25) is 4.68 Å². The van der Waals surface area contributed by atoms with Crippen molar-refractivity contribution in [3.63, 3.8) is 0 Å². The Morgan fingerprint density at radius 1 is 1.53 bits per heavy atom. The van der Waals surface area contributed by atoms with Gasteiger partial charge in [0.2, 0.25) is 0 Å². The normalized spacial score (nSPS) is 11.2. The molecule has 1 rings (SSSR count). The summed E-state index contributed by atoms with van der Waals surface area (Å²) in [6, 6.07) is 0. The van der Waals surface area contributed by atoms with Crippen LogP contribution >= 0.6 is 0 Å². The van der Waals surface area contributed by atoms with Crippen LogP contribution in [0.2, 0.25) is 0 Å². The van der Waals surface area contributed by atoms with Crippen LogP contribution in [0, 0.1) is 0 Å².